The number of hydrogen-bond acceptors (Lipinski definition) is 7. The Balaban J connectivity index is 1.37. The highest BCUT2D eigenvalue weighted by molar-refractivity contribution is 8.24. The predicted octanol–water partition coefficient (Wildman–Crippen LogP) is 8.57. The monoisotopic (exact) mass is 585 g/mol. The molecule has 1 aliphatic heterocycles. The standard InChI is InChI=1S/C32H43NO5S2/c1-7-21-9-11-22(12-10-21)23-13-15-24(16-14-23)29(34)38-25-17-8-20(2)27-28(25)40-31(39-27)26(33-5)30(35)37-19-18-32(3,4)36-6/h8,17,21-24H,7,9-16,18-19H2,1-4,6H3/b31-26+. The number of ether oxygens (including phenoxy) is 3. The molecule has 40 heavy (non-hydrogen) atoms. The van der Waals surface area contributed by atoms with Crippen molar-refractivity contribution in [2.24, 2.45) is 23.7 Å². The van der Waals surface area contributed by atoms with Crippen molar-refractivity contribution in [3.63, 3.8) is 0 Å². The molecule has 0 unspecified atom stereocenters. The fourth-order valence-electron chi connectivity index (χ4n) is 6.07. The quantitative estimate of drug-likeness (QED) is 0.124. The van der Waals surface area contributed by atoms with Gasteiger partial charge < -0.3 is 14.2 Å². The topological polar surface area (TPSA) is 66.2 Å². The van der Waals surface area contributed by atoms with Crippen LogP contribution in [-0.2, 0) is 19.1 Å². The molecule has 1 heterocycles. The van der Waals surface area contributed by atoms with Crippen LogP contribution in [0.4, 0.5) is 0 Å². The SMILES string of the molecule is [C-]#[N+]/C(C(=O)OCCC(C)(C)OC)=C1\Sc2c(C)ccc(OC(=O)C3CCC(C4CCC(CC)CC4)CC3)c2S1. The van der Waals surface area contributed by atoms with Gasteiger partial charge in [-0.3, -0.25) is 9.59 Å². The Morgan fingerprint density at radius 1 is 1.00 bits per heavy atom. The molecule has 8 heteroatoms. The highest BCUT2D eigenvalue weighted by Gasteiger charge is 2.35. The van der Waals surface area contributed by atoms with Gasteiger partial charge in [0.2, 0.25) is 0 Å². The van der Waals surface area contributed by atoms with E-state index in [4.69, 9.17) is 20.8 Å². The summed E-state index contributed by atoms with van der Waals surface area (Å²) in [7, 11) is 1.62. The van der Waals surface area contributed by atoms with Gasteiger partial charge in [0.15, 0.2) is 0 Å². The number of esters is 2. The Kier molecular flexibility index (Phi) is 10.7. The molecule has 0 radical (unpaired) electrons. The molecule has 2 fully saturated rings. The molecule has 3 aliphatic rings. The van der Waals surface area contributed by atoms with Gasteiger partial charge in [-0.25, -0.2) is 4.85 Å². The fraction of sp³-hybridized carbons (Fsp3) is 0.656. The molecule has 0 bridgehead atoms. The van der Waals surface area contributed by atoms with Crippen LogP contribution in [0.2, 0.25) is 0 Å². The van der Waals surface area contributed by atoms with Crippen LogP contribution in [-0.4, -0.2) is 31.3 Å². The molecular formula is C32H43NO5S2. The summed E-state index contributed by atoms with van der Waals surface area (Å²) in [5, 5.41) is 0. The largest absolute Gasteiger partial charge is 0.470 e. The van der Waals surface area contributed by atoms with Gasteiger partial charge >= 0.3 is 11.9 Å². The maximum absolute atomic E-state index is 13.2. The van der Waals surface area contributed by atoms with E-state index in [9.17, 15) is 9.59 Å². The minimum atomic E-state index is -0.638. The lowest BCUT2D eigenvalue weighted by molar-refractivity contribution is -0.141. The Hall–Kier alpha value is -1.95. The van der Waals surface area contributed by atoms with E-state index in [0.717, 1.165) is 58.8 Å². The molecule has 2 saturated carbocycles. The molecule has 0 amide bonds. The Morgan fingerprint density at radius 2 is 1.62 bits per heavy atom. The second kappa shape index (κ2) is 13.8. The number of hydrogen-bond donors (Lipinski definition) is 0. The molecule has 1 aromatic carbocycles. The maximum Gasteiger partial charge on any atom is 0.338 e. The van der Waals surface area contributed by atoms with Gasteiger partial charge in [-0.2, -0.15) is 0 Å². The van der Waals surface area contributed by atoms with Gasteiger partial charge in [-0.05, 0) is 88.7 Å². The van der Waals surface area contributed by atoms with Crippen LogP contribution in [0.5, 0.6) is 5.75 Å². The van der Waals surface area contributed by atoms with Crippen molar-refractivity contribution in [1.29, 1.82) is 0 Å². The van der Waals surface area contributed by atoms with E-state index < -0.39 is 11.6 Å². The Morgan fingerprint density at radius 3 is 2.23 bits per heavy atom. The summed E-state index contributed by atoms with van der Waals surface area (Å²) in [6.07, 6.45) is 11.3. The highest BCUT2D eigenvalue weighted by Crippen LogP contribution is 2.57. The average molecular weight is 586 g/mol. The summed E-state index contributed by atoms with van der Waals surface area (Å²) in [4.78, 5) is 31.2. The third-order valence-electron chi connectivity index (χ3n) is 9.10. The predicted molar refractivity (Wildman–Crippen MR) is 160 cm³/mol. The summed E-state index contributed by atoms with van der Waals surface area (Å²) in [6, 6.07) is 3.77. The first-order valence-corrected chi connectivity index (χ1v) is 16.3. The first-order valence-electron chi connectivity index (χ1n) is 14.7. The second-order valence-corrected chi connectivity index (χ2v) is 14.4. The van der Waals surface area contributed by atoms with Crippen LogP contribution in [0.25, 0.3) is 4.85 Å². The van der Waals surface area contributed by atoms with Crippen molar-refractivity contribution in [3.8, 4) is 5.75 Å². The number of thioether (sulfide) groups is 2. The van der Waals surface area contributed by atoms with Crippen LogP contribution < -0.4 is 4.74 Å². The van der Waals surface area contributed by atoms with E-state index in [0.29, 0.717) is 16.4 Å². The average Bonchev–Trinajstić information content (AvgIpc) is 3.41. The number of nitrogens with zero attached hydrogens (tertiary/aromatic N) is 1. The minimum absolute atomic E-state index is 0.0376. The summed E-state index contributed by atoms with van der Waals surface area (Å²) >= 11 is 2.69. The lowest BCUT2D eigenvalue weighted by atomic mass is 9.69. The number of carbonyl (C=O) groups excluding carboxylic acids is 2. The van der Waals surface area contributed by atoms with E-state index in [1.165, 1.54) is 55.6 Å². The number of carbonyl (C=O) groups is 2. The van der Waals surface area contributed by atoms with E-state index in [2.05, 4.69) is 11.8 Å². The normalized spacial score (nSPS) is 26.0. The molecule has 2 aliphatic carbocycles. The van der Waals surface area contributed by atoms with Crippen molar-refractivity contribution >= 4 is 35.5 Å². The zero-order valence-electron chi connectivity index (χ0n) is 24.5. The molecular weight excluding hydrogens is 542 g/mol. The number of fused-ring (bicyclic) bond motifs is 1. The van der Waals surface area contributed by atoms with E-state index >= 15 is 0 Å². The molecule has 6 nitrogen and oxygen atoms in total. The number of benzene rings is 1. The molecule has 218 valence electrons. The number of aryl methyl sites for hydroxylation is 1. The lowest BCUT2D eigenvalue weighted by Crippen LogP contribution is -2.30. The highest BCUT2D eigenvalue weighted by atomic mass is 32.2. The molecule has 0 N–H and O–H groups in total. The smallest absolute Gasteiger partial charge is 0.338 e. The molecule has 4 rings (SSSR count). The third-order valence-corrected chi connectivity index (χ3v) is 11.8. The summed E-state index contributed by atoms with van der Waals surface area (Å²) in [6.45, 7) is 16.0. The van der Waals surface area contributed by atoms with Crippen LogP contribution in [0.15, 0.2) is 31.9 Å². The van der Waals surface area contributed by atoms with Gasteiger partial charge in [0.05, 0.1) is 33.8 Å². The van der Waals surface area contributed by atoms with Crippen molar-refractivity contribution in [1.82, 2.24) is 0 Å². The lowest BCUT2D eigenvalue weighted by Gasteiger charge is -2.37. The van der Waals surface area contributed by atoms with Gasteiger partial charge in [-0.1, -0.05) is 55.8 Å². The first-order chi connectivity index (χ1) is 19.2. The molecule has 0 atom stereocenters. The molecule has 0 saturated heterocycles. The number of methoxy groups -OCH3 is 1. The van der Waals surface area contributed by atoms with Gasteiger partial charge in [0, 0.05) is 18.4 Å². The molecule has 0 spiro atoms. The summed E-state index contributed by atoms with van der Waals surface area (Å²) < 4.78 is 17.3. The second-order valence-electron chi connectivity index (χ2n) is 12.1. The Labute approximate surface area is 248 Å². The van der Waals surface area contributed by atoms with E-state index in [1.54, 1.807) is 7.11 Å². The van der Waals surface area contributed by atoms with E-state index in [1.807, 2.05) is 32.9 Å². The van der Waals surface area contributed by atoms with Crippen molar-refractivity contribution in [3.05, 3.63) is 39.0 Å². The van der Waals surface area contributed by atoms with Crippen LogP contribution in [0, 0.1) is 37.2 Å². The van der Waals surface area contributed by atoms with E-state index in [-0.39, 0.29) is 24.2 Å². The van der Waals surface area contributed by atoms with Crippen molar-refractivity contribution in [2.45, 2.75) is 107 Å². The zero-order valence-corrected chi connectivity index (χ0v) is 26.2. The van der Waals surface area contributed by atoms with Gasteiger partial charge in [0.25, 0.3) is 5.70 Å². The minimum Gasteiger partial charge on any atom is -0.470 e. The first kappa shape index (κ1) is 31.0. The zero-order chi connectivity index (χ0) is 28.9. The van der Waals surface area contributed by atoms with Gasteiger partial charge in [-0.15, -0.1) is 0 Å². The summed E-state index contributed by atoms with van der Waals surface area (Å²) in [5.41, 5.74) is 0.562. The van der Waals surface area contributed by atoms with Crippen molar-refractivity contribution in [2.75, 3.05) is 13.7 Å². The Bertz CT molecular complexity index is 1150. The van der Waals surface area contributed by atoms with Crippen LogP contribution >= 0.6 is 23.5 Å². The van der Waals surface area contributed by atoms with Crippen molar-refractivity contribution < 1.29 is 23.8 Å². The third kappa shape index (κ3) is 7.46. The van der Waals surface area contributed by atoms with Gasteiger partial charge in [0.1, 0.15) is 5.75 Å². The maximum atomic E-state index is 13.2. The van der Waals surface area contributed by atoms with Crippen LogP contribution in [0.3, 0.4) is 0 Å². The number of rotatable bonds is 9. The molecule has 0 aromatic heterocycles. The molecule has 1 aromatic rings. The summed E-state index contributed by atoms with van der Waals surface area (Å²) in [5.74, 6) is 2.13. The fourth-order valence-corrected chi connectivity index (χ4v) is 8.70. The van der Waals surface area contributed by atoms with Crippen LogP contribution in [0.1, 0.15) is 90.5 Å².